The van der Waals surface area contributed by atoms with Gasteiger partial charge in [0.25, 0.3) is 5.69 Å². The molecule has 1 aromatic rings. The SMILES string of the molecule is NCCCNc1cc(Cl)c(F)cc1[N+](=O)[O-]. The van der Waals surface area contributed by atoms with Crippen LogP contribution < -0.4 is 11.1 Å². The first kappa shape index (κ1) is 12.7. The molecule has 0 radical (unpaired) electrons. The highest BCUT2D eigenvalue weighted by Crippen LogP contribution is 2.30. The van der Waals surface area contributed by atoms with Crippen LogP contribution in [0.25, 0.3) is 0 Å². The fourth-order valence-corrected chi connectivity index (χ4v) is 1.32. The summed E-state index contributed by atoms with van der Waals surface area (Å²) in [6.45, 7) is 0.940. The minimum Gasteiger partial charge on any atom is -0.379 e. The van der Waals surface area contributed by atoms with Gasteiger partial charge in [0.2, 0.25) is 0 Å². The van der Waals surface area contributed by atoms with Crippen molar-refractivity contribution in [2.24, 2.45) is 5.73 Å². The van der Waals surface area contributed by atoms with Crippen LogP contribution in [0, 0.1) is 15.9 Å². The Morgan fingerprint density at radius 2 is 2.25 bits per heavy atom. The third-order valence-electron chi connectivity index (χ3n) is 1.93. The molecule has 0 aliphatic carbocycles. The van der Waals surface area contributed by atoms with Crippen LogP contribution in [0.1, 0.15) is 6.42 Å². The van der Waals surface area contributed by atoms with E-state index in [0.717, 1.165) is 6.07 Å². The number of nitrogens with zero attached hydrogens (tertiary/aromatic N) is 1. The van der Waals surface area contributed by atoms with Gasteiger partial charge in [0.05, 0.1) is 16.0 Å². The molecule has 0 saturated heterocycles. The summed E-state index contributed by atoms with van der Waals surface area (Å²) in [7, 11) is 0. The van der Waals surface area contributed by atoms with Gasteiger partial charge in [-0.15, -0.1) is 0 Å². The molecule has 16 heavy (non-hydrogen) atoms. The Labute approximate surface area is 96.5 Å². The van der Waals surface area contributed by atoms with Gasteiger partial charge >= 0.3 is 0 Å². The summed E-state index contributed by atoms with van der Waals surface area (Å²) in [5, 5.41) is 13.3. The molecule has 5 nitrogen and oxygen atoms in total. The van der Waals surface area contributed by atoms with Gasteiger partial charge in [-0.2, -0.15) is 0 Å². The average molecular weight is 248 g/mol. The Kier molecular flexibility index (Phi) is 4.45. The number of nitrogens with one attached hydrogen (secondary N) is 1. The minimum absolute atomic E-state index is 0.152. The topological polar surface area (TPSA) is 81.2 Å². The minimum atomic E-state index is -0.808. The van der Waals surface area contributed by atoms with E-state index in [4.69, 9.17) is 17.3 Å². The van der Waals surface area contributed by atoms with Crippen molar-refractivity contribution in [1.29, 1.82) is 0 Å². The maximum absolute atomic E-state index is 13.0. The van der Waals surface area contributed by atoms with Crippen LogP contribution in [-0.2, 0) is 0 Å². The molecule has 0 heterocycles. The number of rotatable bonds is 5. The highest BCUT2D eigenvalue weighted by atomic mass is 35.5. The molecule has 1 rings (SSSR count). The van der Waals surface area contributed by atoms with Crippen LogP contribution in [0.5, 0.6) is 0 Å². The third-order valence-corrected chi connectivity index (χ3v) is 2.22. The molecular weight excluding hydrogens is 237 g/mol. The molecule has 3 N–H and O–H groups in total. The molecule has 0 aliphatic heterocycles. The first-order valence-electron chi connectivity index (χ1n) is 4.63. The van der Waals surface area contributed by atoms with E-state index in [1.54, 1.807) is 0 Å². The van der Waals surface area contributed by atoms with Crippen LogP contribution in [0.15, 0.2) is 12.1 Å². The maximum Gasteiger partial charge on any atom is 0.295 e. The van der Waals surface area contributed by atoms with E-state index in [1.807, 2.05) is 0 Å². The van der Waals surface area contributed by atoms with Crippen molar-refractivity contribution >= 4 is 23.0 Å². The van der Waals surface area contributed by atoms with Crippen molar-refractivity contribution in [3.63, 3.8) is 0 Å². The van der Waals surface area contributed by atoms with Crippen molar-refractivity contribution in [3.8, 4) is 0 Å². The zero-order valence-corrected chi connectivity index (χ0v) is 9.13. The van der Waals surface area contributed by atoms with Gasteiger partial charge in [-0.1, -0.05) is 11.6 Å². The Morgan fingerprint density at radius 3 is 2.81 bits per heavy atom. The number of benzene rings is 1. The van der Waals surface area contributed by atoms with Crippen LogP contribution in [0.2, 0.25) is 5.02 Å². The van der Waals surface area contributed by atoms with E-state index >= 15 is 0 Å². The lowest BCUT2D eigenvalue weighted by atomic mass is 10.2. The summed E-state index contributed by atoms with van der Waals surface area (Å²) in [5.41, 5.74) is 5.15. The number of nitrogens with two attached hydrogens (primary N) is 1. The molecule has 1 aromatic carbocycles. The van der Waals surface area contributed by atoms with Gasteiger partial charge in [0, 0.05) is 6.54 Å². The summed E-state index contributed by atoms with van der Waals surface area (Å²) in [6.07, 6.45) is 0.659. The number of hydrogen-bond acceptors (Lipinski definition) is 4. The highest BCUT2D eigenvalue weighted by molar-refractivity contribution is 6.31. The van der Waals surface area contributed by atoms with E-state index in [-0.39, 0.29) is 16.4 Å². The molecule has 88 valence electrons. The molecule has 7 heteroatoms. The second-order valence-electron chi connectivity index (χ2n) is 3.11. The van der Waals surface area contributed by atoms with Crippen molar-refractivity contribution < 1.29 is 9.31 Å². The largest absolute Gasteiger partial charge is 0.379 e. The summed E-state index contributed by atoms with van der Waals surface area (Å²) >= 11 is 5.54. The van der Waals surface area contributed by atoms with E-state index in [1.165, 1.54) is 6.07 Å². The Hall–Kier alpha value is -1.40. The smallest absolute Gasteiger partial charge is 0.295 e. The van der Waals surface area contributed by atoms with Gasteiger partial charge < -0.3 is 11.1 Å². The number of nitro groups is 1. The number of halogens is 2. The Bertz CT molecular complexity index is 401. The first-order chi connectivity index (χ1) is 7.56. The quantitative estimate of drug-likeness (QED) is 0.475. The summed E-state index contributed by atoms with van der Waals surface area (Å²) < 4.78 is 13.0. The fourth-order valence-electron chi connectivity index (χ4n) is 1.15. The van der Waals surface area contributed by atoms with Crippen molar-refractivity contribution in [2.75, 3.05) is 18.4 Å². The molecule has 0 fully saturated rings. The Morgan fingerprint density at radius 1 is 1.56 bits per heavy atom. The lowest BCUT2D eigenvalue weighted by molar-refractivity contribution is -0.384. The highest BCUT2D eigenvalue weighted by Gasteiger charge is 2.17. The summed E-state index contributed by atoms with van der Waals surface area (Å²) in [5.74, 6) is -0.808. The normalized spacial score (nSPS) is 10.2. The monoisotopic (exact) mass is 247 g/mol. The second kappa shape index (κ2) is 5.62. The zero-order valence-electron chi connectivity index (χ0n) is 8.37. The van der Waals surface area contributed by atoms with Crippen LogP contribution in [0.3, 0.4) is 0 Å². The van der Waals surface area contributed by atoms with Crippen LogP contribution in [-0.4, -0.2) is 18.0 Å². The fraction of sp³-hybridized carbons (Fsp3) is 0.333. The maximum atomic E-state index is 13.0. The van der Waals surface area contributed by atoms with Gasteiger partial charge in [-0.25, -0.2) is 4.39 Å². The summed E-state index contributed by atoms with van der Waals surface area (Å²) in [4.78, 5) is 9.99. The lowest BCUT2D eigenvalue weighted by Gasteiger charge is -2.07. The van der Waals surface area contributed by atoms with E-state index in [9.17, 15) is 14.5 Å². The molecule has 0 aliphatic rings. The standard InChI is InChI=1S/C9H11ClFN3O2/c10-6-4-8(13-3-1-2-12)9(14(15)16)5-7(6)11/h4-5,13H,1-3,12H2. The third kappa shape index (κ3) is 3.04. The number of anilines is 1. The predicted molar refractivity (Wildman–Crippen MR) is 60.2 cm³/mol. The van der Waals surface area contributed by atoms with E-state index < -0.39 is 10.7 Å². The van der Waals surface area contributed by atoms with Gasteiger partial charge in [-0.05, 0) is 19.0 Å². The molecular formula is C9H11ClFN3O2. The van der Waals surface area contributed by atoms with Gasteiger partial charge in [0.1, 0.15) is 11.5 Å². The lowest BCUT2D eigenvalue weighted by Crippen LogP contribution is -2.09. The molecule has 0 spiro atoms. The molecule has 0 aromatic heterocycles. The number of hydrogen-bond donors (Lipinski definition) is 2. The first-order valence-corrected chi connectivity index (χ1v) is 5.01. The number of nitro benzene ring substituents is 1. The Balaban J connectivity index is 2.95. The van der Waals surface area contributed by atoms with Crippen LogP contribution in [0.4, 0.5) is 15.8 Å². The molecule has 0 saturated carbocycles. The van der Waals surface area contributed by atoms with Crippen molar-refractivity contribution in [3.05, 3.63) is 33.1 Å². The second-order valence-corrected chi connectivity index (χ2v) is 3.52. The molecule has 0 atom stereocenters. The molecule has 0 amide bonds. The van der Waals surface area contributed by atoms with Crippen molar-refractivity contribution in [2.45, 2.75) is 6.42 Å². The van der Waals surface area contributed by atoms with E-state index in [0.29, 0.717) is 19.5 Å². The van der Waals surface area contributed by atoms with Gasteiger partial charge in [0.15, 0.2) is 0 Å². The predicted octanol–water partition coefficient (Wildman–Crippen LogP) is 2.15. The van der Waals surface area contributed by atoms with E-state index in [2.05, 4.69) is 5.32 Å². The molecule has 0 bridgehead atoms. The zero-order chi connectivity index (χ0) is 12.1. The summed E-state index contributed by atoms with van der Waals surface area (Å²) in [6, 6.07) is 2.00. The van der Waals surface area contributed by atoms with Crippen molar-refractivity contribution in [1.82, 2.24) is 0 Å². The van der Waals surface area contributed by atoms with Gasteiger partial charge in [-0.3, -0.25) is 10.1 Å². The molecule has 0 unspecified atom stereocenters. The average Bonchev–Trinajstić information content (AvgIpc) is 2.23. The van der Waals surface area contributed by atoms with Crippen LogP contribution >= 0.6 is 11.6 Å².